The fraction of sp³-hybridized carbons (Fsp3) is 0.231. The zero-order valence-electron chi connectivity index (χ0n) is 9.24. The molecule has 0 aliphatic carbocycles. The highest BCUT2D eigenvalue weighted by atomic mass is 16.3. The molecule has 0 aromatic heterocycles. The fourth-order valence-electron chi connectivity index (χ4n) is 1.90. The number of rotatable bonds is 4. The molecule has 0 fully saturated rings. The highest BCUT2D eigenvalue weighted by Gasteiger charge is 2.30. The van der Waals surface area contributed by atoms with Gasteiger partial charge in [-0.3, -0.25) is 14.5 Å². The van der Waals surface area contributed by atoms with Crippen LogP contribution in [0.5, 0.6) is 0 Å². The van der Waals surface area contributed by atoms with E-state index in [1.54, 1.807) is 0 Å². The molecule has 4 nitrogen and oxygen atoms in total. The van der Waals surface area contributed by atoms with Crippen LogP contribution in [0.2, 0.25) is 0 Å². The van der Waals surface area contributed by atoms with Crippen molar-refractivity contribution in [3.63, 3.8) is 0 Å². The standard InChI is InChI=1S/C13H13NO3/c15-9-11(8-10-4-2-1-3-5-10)14-12(16)6-7-13(14)17/h1-7,11,15H,8-9H2. The Bertz CT molecular complexity index is 435. The second-order valence-corrected chi connectivity index (χ2v) is 3.91. The van der Waals surface area contributed by atoms with Crippen LogP contribution in [0.1, 0.15) is 5.56 Å². The summed E-state index contributed by atoms with van der Waals surface area (Å²) in [5, 5.41) is 9.31. The minimum Gasteiger partial charge on any atom is -0.394 e. The Morgan fingerprint density at radius 1 is 1.06 bits per heavy atom. The van der Waals surface area contributed by atoms with Crippen LogP contribution in [0.3, 0.4) is 0 Å². The number of aliphatic hydroxyl groups excluding tert-OH is 1. The third kappa shape index (κ3) is 2.42. The van der Waals surface area contributed by atoms with Crippen LogP contribution in [0.4, 0.5) is 0 Å². The van der Waals surface area contributed by atoms with Gasteiger partial charge >= 0.3 is 0 Å². The Hall–Kier alpha value is -1.94. The van der Waals surface area contributed by atoms with Gasteiger partial charge in [-0.1, -0.05) is 30.3 Å². The van der Waals surface area contributed by atoms with Crippen molar-refractivity contribution >= 4 is 11.8 Å². The van der Waals surface area contributed by atoms with Crippen LogP contribution in [0.15, 0.2) is 42.5 Å². The predicted molar refractivity (Wildman–Crippen MR) is 62.0 cm³/mol. The molecule has 1 heterocycles. The molecule has 1 N–H and O–H groups in total. The fourth-order valence-corrected chi connectivity index (χ4v) is 1.90. The summed E-state index contributed by atoms with van der Waals surface area (Å²) in [6, 6.07) is 8.98. The van der Waals surface area contributed by atoms with Gasteiger partial charge in [0.05, 0.1) is 12.6 Å². The van der Waals surface area contributed by atoms with E-state index in [4.69, 9.17) is 0 Å². The van der Waals surface area contributed by atoms with Gasteiger partial charge in [0, 0.05) is 12.2 Å². The Morgan fingerprint density at radius 2 is 1.65 bits per heavy atom. The summed E-state index contributed by atoms with van der Waals surface area (Å²) in [4.78, 5) is 24.1. The van der Waals surface area contributed by atoms with E-state index in [1.165, 1.54) is 12.2 Å². The van der Waals surface area contributed by atoms with Crippen LogP contribution in [0, 0.1) is 0 Å². The summed E-state index contributed by atoms with van der Waals surface area (Å²) >= 11 is 0. The number of aliphatic hydroxyl groups is 1. The number of hydrogen-bond donors (Lipinski definition) is 1. The van der Waals surface area contributed by atoms with Crippen LogP contribution in [-0.2, 0) is 16.0 Å². The van der Waals surface area contributed by atoms with E-state index in [1.807, 2.05) is 30.3 Å². The maximum absolute atomic E-state index is 11.5. The van der Waals surface area contributed by atoms with E-state index in [2.05, 4.69) is 0 Å². The molecule has 17 heavy (non-hydrogen) atoms. The van der Waals surface area contributed by atoms with Crippen molar-refractivity contribution < 1.29 is 14.7 Å². The average molecular weight is 231 g/mol. The van der Waals surface area contributed by atoms with Gasteiger partial charge in [-0.2, -0.15) is 0 Å². The smallest absolute Gasteiger partial charge is 0.253 e. The number of benzene rings is 1. The molecule has 88 valence electrons. The van der Waals surface area contributed by atoms with E-state index in [0.29, 0.717) is 6.42 Å². The van der Waals surface area contributed by atoms with Crippen LogP contribution < -0.4 is 0 Å². The lowest BCUT2D eigenvalue weighted by atomic mass is 10.1. The second kappa shape index (κ2) is 4.93. The SMILES string of the molecule is O=C1C=CC(=O)N1C(CO)Cc1ccccc1. The summed E-state index contributed by atoms with van der Waals surface area (Å²) < 4.78 is 0. The number of hydrogen-bond acceptors (Lipinski definition) is 3. The van der Waals surface area contributed by atoms with Gasteiger partial charge in [-0.05, 0) is 12.0 Å². The number of carbonyl (C=O) groups excluding carboxylic acids is 2. The molecule has 1 aromatic carbocycles. The molecule has 1 aliphatic rings. The predicted octanol–water partition coefficient (Wildman–Crippen LogP) is 0.515. The lowest BCUT2D eigenvalue weighted by molar-refractivity contribution is -0.140. The van der Waals surface area contributed by atoms with Gasteiger partial charge < -0.3 is 5.11 Å². The quantitative estimate of drug-likeness (QED) is 0.768. The normalized spacial score (nSPS) is 16.6. The summed E-state index contributed by atoms with van der Waals surface area (Å²) in [7, 11) is 0. The first-order valence-corrected chi connectivity index (χ1v) is 5.42. The highest BCUT2D eigenvalue weighted by Crippen LogP contribution is 2.13. The van der Waals surface area contributed by atoms with Crippen molar-refractivity contribution in [3.8, 4) is 0 Å². The number of imide groups is 1. The molecule has 0 spiro atoms. The van der Waals surface area contributed by atoms with Gasteiger partial charge in [0.1, 0.15) is 0 Å². The maximum atomic E-state index is 11.5. The number of carbonyl (C=O) groups is 2. The van der Waals surface area contributed by atoms with Gasteiger partial charge in [0.15, 0.2) is 0 Å². The van der Waals surface area contributed by atoms with E-state index in [0.717, 1.165) is 10.5 Å². The van der Waals surface area contributed by atoms with Crippen molar-refractivity contribution in [2.45, 2.75) is 12.5 Å². The van der Waals surface area contributed by atoms with Crippen molar-refractivity contribution in [3.05, 3.63) is 48.0 Å². The maximum Gasteiger partial charge on any atom is 0.253 e. The third-order valence-electron chi connectivity index (χ3n) is 2.73. The lowest BCUT2D eigenvalue weighted by Crippen LogP contribution is -2.43. The first kappa shape index (κ1) is 11.5. The molecule has 0 bridgehead atoms. The molecule has 4 heteroatoms. The third-order valence-corrected chi connectivity index (χ3v) is 2.73. The zero-order chi connectivity index (χ0) is 12.3. The Balaban J connectivity index is 2.12. The highest BCUT2D eigenvalue weighted by molar-refractivity contribution is 6.13. The molecule has 1 aliphatic heterocycles. The average Bonchev–Trinajstić information content (AvgIpc) is 2.68. The van der Waals surface area contributed by atoms with E-state index in [9.17, 15) is 14.7 Å². The van der Waals surface area contributed by atoms with E-state index in [-0.39, 0.29) is 18.4 Å². The second-order valence-electron chi connectivity index (χ2n) is 3.91. The van der Waals surface area contributed by atoms with Crippen molar-refractivity contribution in [2.24, 2.45) is 0 Å². The molecule has 1 atom stereocenters. The zero-order valence-corrected chi connectivity index (χ0v) is 9.24. The molecule has 1 unspecified atom stereocenters. The first-order chi connectivity index (χ1) is 8.22. The monoisotopic (exact) mass is 231 g/mol. The lowest BCUT2D eigenvalue weighted by Gasteiger charge is -2.24. The molecule has 1 aromatic rings. The minimum atomic E-state index is -0.493. The Labute approximate surface area is 99.2 Å². The van der Waals surface area contributed by atoms with Crippen molar-refractivity contribution in [1.82, 2.24) is 4.90 Å². The van der Waals surface area contributed by atoms with E-state index >= 15 is 0 Å². The topological polar surface area (TPSA) is 57.6 Å². The first-order valence-electron chi connectivity index (χ1n) is 5.42. The number of nitrogens with zero attached hydrogens (tertiary/aromatic N) is 1. The summed E-state index contributed by atoms with van der Waals surface area (Å²) in [5.41, 5.74) is 0.985. The Kier molecular flexibility index (Phi) is 3.35. The summed E-state index contributed by atoms with van der Waals surface area (Å²) in [6.45, 7) is -0.228. The molecular weight excluding hydrogens is 218 g/mol. The molecule has 0 saturated carbocycles. The van der Waals surface area contributed by atoms with E-state index < -0.39 is 6.04 Å². The van der Waals surface area contributed by atoms with Gasteiger partial charge in [0.2, 0.25) is 0 Å². The van der Waals surface area contributed by atoms with Gasteiger partial charge in [-0.25, -0.2) is 0 Å². The van der Waals surface area contributed by atoms with Gasteiger partial charge in [0.25, 0.3) is 11.8 Å². The van der Waals surface area contributed by atoms with Gasteiger partial charge in [-0.15, -0.1) is 0 Å². The van der Waals surface area contributed by atoms with Crippen LogP contribution in [-0.4, -0.2) is 34.5 Å². The largest absolute Gasteiger partial charge is 0.394 e. The summed E-state index contributed by atoms with van der Waals surface area (Å²) in [6.07, 6.45) is 2.93. The van der Waals surface area contributed by atoms with Crippen LogP contribution >= 0.6 is 0 Å². The van der Waals surface area contributed by atoms with Crippen molar-refractivity contribution in [2.75, 3.05) is 6.61 Å². The molecule has 2 amide bonds. The minimum absolute atomic E-state index is 0.228. The Morgan fingerprint density at radius 3 is 2.18 bits per heavy atom. The number of amides is 2. The van der Waals surface area contributed by atoms with Crippen LogP contribution in [0.25, 0.3) is 0 Å². The summed E-state index contributed by atoms with van der Waals surface area (Å²) in [5.74, 6) is -0.713. The molecule has 2 rings (SSSR count). The molecule has 0 radical (unpaired) electrons. The van der Waals surface area contributed by atoms with Crippen molar-refractivity contribution in [1.29, 1.82) is 0 Å². The molecule has 0 saturated heterocycles. The molecular formula is C13H13NO3.